The van der Waals surface area contributed by atoms with Gasteiger partial charge in [-0.25, -0.2) is 0 Å². The summed E-state index contributed by atoms with van der Waals surface area (Å²) in [4.78, 5) is 14.9. The van der Waals surface area contributed by atoms with Crippen molar-refractivity contribution >= 4 is 22.8 Å². The molecule has 3 aromatic rings. The van der Waals surface area contributed by atoms with Crippen LogP contribution in [0.5, 0.6) is 11.5 Å². The van der Waals surface area contributed by atoms with Crippen LogP contribution in [0, 0.1) is 0 Å². The SMILES string of the molecule is COc1ccc2cc(/C=N/Nc3ccccc3O)c(=O)[nH]c2c1. The van der Waals surface area contributed by atoms with Gasteiger partial charge in [-0.2, -0.15) is 5.10 Å². The zero-order valence-electron chi connectivity index (χ0n) is 12.4. The van der Waals surface area contributed by atoms with Crippen molar-refractivity contribution in [3.8, 4) is 11.5 Å². The number of aromatic nitrogens is 1. The molecular formula is C17H15N3O3. The van der Waals surface area contributed by atoms with Gasteiger partial charge in [-0.1, -0.05) is 12.1 Å². The Labute approximate surface area is 132 Å². The van der Waals surface area contributed by atoms with Crippen LogP contribution in [0.4, 0.5) is 5.69 Å². The molecule has 6 heteroatoms. The van der Waals surface area contributed by atoms with Gasteiger partial charge in [-0.15, -0.1) is 0 Å². The molecule has 3 N–H and O–H groups in total. The number of rotatable bonds is 4. The average Bonchev–Trinajstić information content (AvgIpc) is 2.56. The van der Waals surface area contributed by atoms with Crippen molar-refractivity contribution in [2.45, 2.75) is 0 Å². The predicted octanol–water partition coefficient (Wildman–Crippen LogP) is 2.69. The summed E-state index contributed by atoms with van der Waals surface area (Å²) >= 11 is 0. The lowest BCUT2D eigenvalue weighted by molar-refractivity contribution is 0.415. The van der Waals surface area contributed by atoms with E-state index in [4.69, 9.17) is 4.74 Å². The van der Waals surface area contributed by atoms with Gasteiger partial charge in [0.1, 0.15) is 11.5 Å². The van der Waals surface area contributed by atoms with E-state index in [1.807, 2.05) is 12.1 Å². The summed E-state index contributed by atoms with van der Waals surface area (Å²) in [5.41, 5.74) is 4.01. The third kappa shape index (κ3) is 3.16. The molecule has 0 aliphatic heterocycles. The van der Waals surface area contributed by atoms with Crippen LogP contribution in [0.3, 0.4) is 0 Å². The Hall–Kier alpha value is -3.28. The van der Waals surface area contributed by atoms with Gasteiger partial charge < -0.3 is 14.8 Å². The van der Waals surface area contributed by atoms with E-state index in [-0.39, 0.29) is 11.3 Å². The van der Waals surface area contributed by atoms with Gasteiger partial charge in [0.05, 0.1) is 30.1 Å². The number of para-hydroxylation sites is 2. The monoisotopic (exact) mass is 309 g/mol. The maximum absolute atomic E-state index is 12.1. The molecule has 6 nitrogen and oxygen atoms in total. The number of methoxy groups -OCH3 is 1. The van der Waals surface area contributed by atoms with E-state index in [9.17, 15) is 9.90 Å². The number of fused-ring (bicyclic) bond motifs is 1. The van der Waals surface area contributed by atoms with Crippen molar-refractivity contribution in [3.63, 3.8) is 0 Å². The van der Waals surface area contributed by atoms with Gasteiger partial charge in [-0.3, -0.25) is 10.2 Å². The van der Waals surface area contributed by atoms with E-state index in [0.717, 1.165) is 5.39 Å². The summed E-state index contributed by atoms with van der Waals surface area (Å²) in [5.74, 6) is 0.764. The summed E-state index contributed by atoms with van der Waals surface area (Å²) in [7, 11) is 1.57. The Bertz CT molecular complexity index is 932. The van der Waals surface area contributed by atoms with Crippen LogP contribution in [0.25, 0.3) is 10.9 Å². The first-order chi connectivity index (χ1) is 11.2. The Morgan fingerprint density at radius 3 is 2.83 bits per heavy atom. The normalized spacial score (nSPS) is 11.0. The highest BCUT2D eigenvalue weighted by Crippen LogP contribution is 2.21. The van der Waals surface area contributed by atoms with Crippen LogP contribution in [-0.4, -0.2) is 23.4 Å². The molecule has 0 spiro atoms. The highest BCUT2D eigenvalue weighted by atomic mass is 16.5. The fraction of sp³-hybridized carbons (Fsp3) is 0.0588. The molecular weight excluding hydrogens is 294 g/mol. The molecule has 0 aliphatic carbocycles. The number of ether oxygens (including phenoxy) is 1. The number of phenols is 1. The summed E-state index contributed by atoms with van der Waals surface area (Å²) in [6, 6.07) is 13.9. The number of phenolic OH excluding ortho intramolecular Hbond substituents is 1. The molecule has 2 aromatic carbocycles. The second kappa shape index (κ2) is 6.23. The molecule has 0 bridgehead atoms. The minimum absolute atomic E-state index is 0.0872. The number of hydrogen-bond donors (Lipinski definition) is 3. The first-order valence-electron chi connectivity index (χ1n) is 6.95. The van der Waals surface area contributed by atoms with Gasteiger partial charge in [-0.05, 0) is 35.7 Å². The number of anilines is 1. The largest absolute Gasteiger partial charge is 0.506 e. The van der Waals surface area contributed by atoms with Crippen LogP contribution >= 0.6 is 0 Å². The molecule has 0 atom stereocenters. The fourth-order valence-electron chi connectivity index (χ4n) is 2.16. The van der Waals surface area contributed by atoms with E-state index in [1.165, 1.54) is 6.21 Å². The highest BCUT2D eigenvalue weighted by molar-refractivity contribution is 5.88. The first kappa shape index (κ1) is 14.6. The Morgan fingerprint density at radius 1 is 1.22 bits per heavy atom. The summed E-state index contributed by atoms with van der Waals surface area (Å²) in [6.45, 7) is 0. The van der Waals surface area contributed by atoms with Crippen molar-refractivity contribution in [2.24, 2.45) is 5.10 Å². The number of nitrogens with zero attached hydrogens (tertiary/aromatic N) is 1. The van der Waals surface area contributed by atoms with E-state index >= 15 is 0 Å². The van der Waals surface area contributed by atoms with Crippen LogP contribution in [0.1, 0.15) is 5.56 Å². The lowest BCUT2D eigenvalue weighted by Gasteiger charge is -2.04. The lowest BCUT2D eigenvalue weighted by atomic mass is 10.1. The van der Waals surface area contributed by atoms with E-state index in [0.29, 0.717) is 22.5 Å². The van der Waals surface area contributed by atoms with Crippen LogP contribution in [0.2, 0.25) is 0 Å². The molecule has 0 saturated carbocycles. The van der Waals surface area contributed by atoms with Crippen molar-refractivity contribution in [2.75, 3.05) is 12.5 Å². The molecule has 0 amide bonds. The Kier molecular flexibility index (Phi) is 3.97. The third-order valence-electron chi connectivity index (χ3n) is 3.37. The Morgan fingerprint density at radius 2 is 2.04 bits per heavy atom. The minimum atomic E-state index is -0.256. The van der Waals surface area contributed by atoms with Crippen LogP contribution in [-0.2, 0) is 0 Å². The molecule has 0 unspecified atom stereocenters. The number of H-pyrrole nitrogens is 1. The number of benzene rings is 2. The van der Waals surface area contributed by atoms with Gasteiger partial charge in [0.25, 0.3) is 5.56 Å². The quantitative estimate of drug-likeness (QED) is 0.393. The van der Waals surface area contributed by atoms with Gasteiger partial charge in [0, 0.05) is 6.07 Å². The molecule has 23 heavy (non-hydrogen) atoms. The zero-order chi connectivity index (χ0) is 16.2. The van der Waals surface area contributed by atoms with Gasteiger partial charge in [0.15, 0.2) is 0 Å². The molecule has 0 fully saturated rings. The van der Waals surface area contributed by atoms with E-state index in [2.05, 4.69) is 15.5 Å². The number of pyridine rings is 1. The Balaban J connectivity index is 1.88. The van der Waals surface area contributed by atoms with E-state index < -0.39 is 0 Å². The topological polar surface area (TPSA) is 86.7 Å². The zero-order valence-corrected chi connectivity index (χ0v) is 12.4. The van der Waals surface area contributed by atoms with Crippen molar-refractivity contribution in [1.82, 2.24) is 4.98 Å². The molecule has 3 rings (SSSR count). The molecule has 116 valence electrons. The fourth-order valence-corrected chi connectivity index (χ4v) is 2.16. The number of aromatic hydroxyl groups is 1. The second-order valence-electron chi connectivity index (χ2n) is 4.89. The molecule has 1 aromatic heterocycles. The average molecular weight is 309 g/mol. The summed E-state index contributed by atoms with van der Waals surface area (Å²) in [6.07, 6.45) is 1.41. The van der Waals surface area contributed by atoms with E-state index in [1.54, 1.807) is 43.5 Å². The number of hydrogen-bond acceptors (Lipinski definition) is 5. The highest BCUT2D eigenvalue weighted by Gasteiger charge is 2.03. The maximum Gasteiger partial charge on any atom is 0.257 e. The second-order valence-corrected chi connectivity index (χ2v) is 4.89. The third-order valence-corrected chi connectivity index (χ3v) is 3.37. The predicted molar refractivity (Wildman–Crippen MR) is 90.4 cm³/mol. The molecule has 0 saturated heterocycles. The number of aromatic amines is 1. The number of nitrogens with one attached hydrogen (secondary N) is 2. The lowest BCUT2D eigenvalue weighted by Crippen LogP contribution is -2.12. The minimum Gasteiger partial charge on any atom is -0.506 e. The van der Waals surface area contributed by atoms with Gasteiger partial charge in [0.2, 0.25) is 0 Å². The first-order valence-corrected chi connectivity index (χ1v) is 6.95. The summed E-state index contributed by atoms with van der Waals surface area (Å²) < 4.78 is 5.14. The van der Waals surface area contributed by atoms with Gasteiger partial charge >= 0.3 is 0 Å². The summed E-state index contributed by atoms with van der Waals surface area (Å²) in [5, 5.41) is 14.5. The number of hydrazone groups is 1. The van der Waals surface area contributed by atoms with Crippen LogP contribution < -0.4 is 15.7 Å². The molecule has 0 radical (unpaired) electrons. The standard InChI is InChI=1S/C17H15N3O3/c1-23-13-7-6-11-8-12(17(22)19-15(11)9-13)10-18-20-14-4-2-3-5-16(14)21/h2-10,20-21H,1H3,(H,19,22)/b18-10+. The van der Waals surface area contributed by atoms with Crippen molar-refractivity contribution in [1.29, 1.82) is 0 Å². The molecule has 0 aliphatic rings. The molecule has 1 heterocycles. The smallest absolute Gasteiger partial charge is 0.257 e. The van der Waals surface area contributed by atoms with Crippen molar-refractivity contribution < 1.29 is 9.84 Å². The van der Waals surface area contributed by atoms with Crippen LogP contribution in [0.15, 0.2) is 58.4 Å². The van der Waals surface area contributed by atoms with Crippen molar-refractivity contribution in [3.05, 3.63) is 64.4 Å². The maximum atomic E-state index is 12.1.